The average molecular weight is 414 g/mol. The fourth-order valence-electron chi connectivity index (χ4n) is 3.48. The first-order valence-corrected chi connectivity index (χ1v) is 9.38. The third kappa shape index (κ3) is 3.33. The van der Waals surface area contributed by atoms with E-state index >= 15 is 0 Å². The molecule has 0 unspecified atom stereocenters. The number of benzene rings is 2. The molecule has 31 heavy (non-hydrogen) atoms. The predicted octanol–water partition coefficient (Wildman–Crippen LogP) is 4.38. The summed E-state index contributed by atoms with van der Waals surface area (Å²) in [4.78, 5) is 25.1. The van der Waals surface area contributed by atoms with Crippen LogP contribution >= 0.6 is 0 Å². The minimum absolute atomic E-state index is 0.0238. The molecule has 0 saturated carbocycles. The molecule has 3 heterocycles. The van der Waals surface area contributed by atoms with Crippen molar-refractivity contribution in [3.8, 4) is 17.6 Å². The molecular weight excluding hydrogens is 399 g/mol. The molecule has 152 valence electrons. The molecule has 5 rings (SSSR count). The maximum absolute atomic E-state index is 13.5. The number of aromatic nitrogens is 4. The van der Waals surface area contributed by atoms with Gasteiger partial charge in [-0.2, -0.15) is 9.97 Å². The third-order valence-electron chi connectivity index (χ3n) is 5.00. The van der Waals surface area contributed by atoms with E-state index in [0.717, 1.165) is 10.9 Å². The van der Waals surface area contributed by atoms with Gasteiger partial charge in [-0.15, -0.1) is 0 Å². The number of aromatic hydroxyl groups is 1. The van der Waals surface area contributed by atoms with E-state index in [1.54, 1.807) is 48.0 Å². The van der Waals surface area contributed by atoms with Crippen LogP contribution in [0.3, 0.4) is 0 Å². The zero-order chi connectivity index (χ0) is 21.5. The van der Waals surface area contributed by atoms with Gasteiger partial charge in [0.05, 0.1) is 22.8 Å². The van der Waals surface area contributed by atoms with Crippen LogP contribution < -0.4 is 4.74 Å². The molecule has 0 spiro atoms. The van der Waals surface area contributed by atoms with Gasteiger partial charge in [0.25, 0.3) is 0 Å². The first kappa shape index (κ1) is 18.7. The number of nitrogens with zero attached hydrogens (tertiary/aromatic N) is 4. The van der Waals surface area contributed by atoms with Crippen LogP contribution in [-0.2, 0) is 7.05 Å². The number of ether oxygens (including phenoxy) is 1. The molecule has 0 aliphatic rings. The van der Waals surface area contributed by atoms with Crippen LogP contribution in [0.15, 0.2) is 67.0 Å². The highest BCUT2D eigenvalue weighted by Crippen LogP contribution is 2.29. The second-order valence-electron chi connectivity index (χ2n) is 6.97. The molecule has 3 aromatic heterocycles. The molecule has 0 bridgehead atoms. The Balaban J connectivity index is 1.50. The van der Waals surface area contributed by atoms with E-state index in [4.69, 9.17) is 4.74 Å². The summed E-state index contributed by atoms with van der Waals surface area (Å²) < 4.78 is 21.0. The number of carbonyl (C=O) groups excluding carboxylic acids is 1. The van der Waals surface area contributed by atoms with E-state index in [1.165, 1.54) is 30.6 Å². The van der Waals surface area contributed by atoms with Crippen molar-refractivity contribution < 1.29 is 19.0 Å². The Kier molecular flexibility index (Phi) is 4.32. The highest BCUT2D eigenvalue weighted by molar-refractivity contribution is 6.10. The number of carbonyl (C=O) groups is 1. The van der Waals surface area contributed by atoms with E-state index < -0.39 is 5.82 Å². The van der Waals surface area contributed by atoms with E-state index in [-0.39, 0.29) is 23.2 Å². The molecule has 0 aliphatic heterocycles. The van der Waals surface area contributed by atoms with Gasteiger partial charge in [-0.3, -0.25) is 9.78 Å². The zero-order valence-corrected chi connectivity index (χ0v) is 16.3. The summed E-state index contributed by atoms with van der Waals surface area (Å²) in [5.74, 6) is -0.512. The van der Waals surface area contributed by atoms with Gasteiger partial charge >= 0.3 is 6.01 Å². The van der Waals surface area contributed by atoms with Crippen LogP contribution in [0.25, 0.3) is 21.8 Å². The normalized spacial score (nSPS) is 11.2. The highest BCUT2D eigenvalue weighted by atomic mass is 19.1. The number of aryl methyl sites for hydroxylation is 1. The quantitative estimate of drug-likeness (QED) is 0.439. The second-order valence-corrected chi connectivity index (χ2v) is 6.97. The van der Waals surface area contributed by atoms with Gasteiger partial charge in [0.15, 0.2) is 0 Å². The maximum Gasteiger partial charge on any atom is 0.325 e. The number of hydrogen-bond donors (Lipinski definition) is 1. The van der Waals surface area contributed by atoms with Crippen molar-refractivity contribution in [3.05, 3.63) is 84.1 Å². The lowest BCUT2D eigenvalue weighted by atomic mass is 10.1. The van der Waals surface area contributed by atoms with Crippen molar-refractivity contribution >= 4 is 27.6 Å². The maximum atomic E-state index is 13.5. The van der Waals surface area contributed by atoms with E-state index in [1.807, 2.05) is 0 Å². The lowest BCUT2D eigenvalue weighted by molar-refractivity contribution is 0.103. The Hall–Kier alpha value is -4.33. The molecule has 5 aromatic rings. The largest absolute Gasteiger partial charge is 0.493 e. The fraction of sp³-hybridized carbons (Fsp3) is 0.0435. The Morgan fingerprint density at radius 1 is 1.10 bits per heavy atom. The third-order valence-corrected chi connectivity index (χ3v) is 5.00. The van der Waals surface area contributed by atoms with Gasteiger partial charge in [0, 0.05) is 29.7 Å². The molecule has 8 heteroatoms. The van der Waals surface area contributed by atoms with Crippen LogP contribution in [-0.4, -0.2) is 30.4 Å². The van der Waals surface area contributed by atoms with Crippen molar-refractivity contribution in [2.75, 3.05) is 0 Å². The minimum atomic E-state index is -0.464. The molecule has 0 fully saturated rings. The Labute approximate surface area is 175 Å². The minimum Gasteiger partial charge on any atom is -0.493 e. The van der Waals surface area contributed by atoms with Crippen molar-refractivity contribution in [1.29, 1.82) is 0 Å². The summed E-state index contributed by atoms with van der Waals surface area (Å²) in [6.07, 6.45) is 3.05. The van der Waals surface area contributed by atoms with Gasteiger partial charge in [-0.25, -0.2) is 4.39 Å². The summed E-state index contributed by atoms with van der Waals surface area (Å²) in [6.45, 7) is 0. The summed E-state index contributed by atoms with van der Waals surface area (Å²) in [7, 11) is 1.77. The zero-order valence-electron chi connectivity index (χ0n) is 16.3. The summed E-state index contributed by atoms with van der Waals surface area (Å²) in [5, 5.41) is 11.3. The van der Waals surface area contributed by atoms with Gasteiger partial charge in [-0.1, -0.05) is 12.1 Å². The smallest absolute Gasteiger partial charge is 0.325 e. The second kappa shape index (κ2) is 7.17. The molecule has 0 atom stereocenters. The molecule has 0 saturated heterocycles. The molecule has 7 nitrogen and oxygen atoms in total. The molecule has 0 amide bonds. The highest BCUT2D eigenvalue weighted by Gasteiger charge is 2.17. The summed E-state index contributed by atoms with van der Waals surface area (Å²) in [6, 6.07) is 14.2. The topological polar surface area (TPSA) is 90.1 Å². The lowest BCUT2D eigenvalue weighted by Crippen LogP contribution is -2.07. The Bertz CT molecular complexity index is 1480. The Morgan fingerprint density at radius 3 is 2.81 bits per heavy atom. The van der Waals surface area contributed by atoms with Gasteiger partial charge in [-0.05, 0) is 42.5 Å². The van der Waals surface area contributed by atoms with E-state index in [0.29, 0.717) is 22.3 Å². The first-order chi connectivity index (χ1) is 15.0. The standard InChI is InChI=1S/C23H15FN4O3/c1-28-19-6-5-16(31-23-26-18-12-25-8-7-17(18)22(30)27-23)10-14(19)11-20(28)21(29)13-3-2-4-15(24)9-13/h2-12H,1H3,(H,26,27,30). The van der Waals surface area contributed by atoms with Crippen LogP contribution in [0, 0.1) is 5.82 Å². The van der Waals surface area contributed by atoms with Crippen molar-refractivity contribution in [3.63, 3.8) is 0 Å². The van der Waals surface area contributed by atoms with Crippen LogP contribution in [0.1, 0.15) is 16.1 Å². The predicted molar refractivity (Wildman–Crippen MR) is 112 cm³/mol. The number of fused-ring (bicyclic) bond motifs is 2. The monoisotopic (exact) mass is 414 g/mol. The molecule has 1 N–H and O–H groups in total. The van der Waals surface area contributed by atoms with E-state index in [2.05, 4.69) is 15.0 Å². The Morgan fingerprint density at radius 2 is 1.97 bits per heavy atom. The van der Waals surface area contributed by atoms with Crippen LogP contribution in [0.2, 0.25) is 0 Å². The summed E-state index contributed by atoms with van der Waals surface area (Å²) in [5.41, 5.74) is 1.95. The number of pyridine rings is 1. The molecule has 0 aliphatic carbocycles. The van der Waals surface area contributed by atoms with Crippen LogP contribution in [0.5, 0.6) is 17.6 Å². The van der Waals surface area contributed by atoms with Crippen molar-refractivity contribution in [2.45, 2.75) is 0 Å². The molecular formula is C23H15FN4O3. The van der Waals surface area contributed by atoms with Crippen molar-refractivity contribution in [2.24, 2.45) is 7.05 Å². The summed E-state index contributed by atoms with van der Waals surface area (Å²) >= 11 is 0. The van der Waals surface area contributed by atoms with E-state index in [9.17, 15) is 14.3 Å². The number of rotatable bonds is 4. The fourth-order valence-corrected chi connectivity index (χ4v) is 3.48. The van der Waals surface area contributed by atoms with Crippen molar-refractivity contribution in [1.82, 2.24) is 19.5 Å². The lowest BCUT2D eigenvalue weighted by Gasteiger charge is -2.07. The molecule has 0 radical (unpaired) electrons. The van der Waals surface area contributed by atoms with Gasteiger partial charge in [0.1, 0.15) is 11.6 Å². The number of hydrogen-bond acceptors (Lipinski definition) is 6. The molecule has 2 aromatic carbocycles. The average Bonchev–Trinajstić information content (AvgIpc) is 3.09. The SMILES string of the molecule is Cn1c(C(=O)c2cccc(F)c2)cc2cc(Oc3nc(O)c4ccncc4n3)ccc21. The van der Waals surface area contributed by atoms with Gasteiger partial charge in [0.2, 0.25) is 11.7 Å². The van der Waals surface area contributed by atoms with Gasteiger partial charge < -0.3 is 14.4 Å². The van der Waals surface area contributed by atoms with Crippen LogP contribution in [0.4, 0.5) is 4.39 Å². The number of halogens is 1. The number of ketones is 1. The first-order valence-electron chi connectivity index (χ1n) is 9.38.